The van der Waals surface area contributed by atoms with E-state index >= 15 is 0 Å². The SMILES string of the molecule is COc1ccc(-c2cc(C(=O)O)c3cccc(-c4ccc(Cl)c(Cl)c4)c3n2)cc1. The molecule has 0 fully saturated rings. The van der Waals surface area contributed by atoms with E-state index in [4.69, 9.17) is 32.9 Å². The summed E-state index contributed by atoms with van der Waals surface area (Å²) < 4.78 is 5.20. The predicted molar refractivity (Wildman–Crippen MR) is 116 cm³/mol. The minimum Gasteiger partial charge on any atom is -0.497 e. The van der Waals surface area contributed by atoms with Gasteiger partial charge in [-0.15, -0.1) is 0 Å². The summed E-state index contributed by atoms with van der Waals surface area (Å²) in [6.07, 6.45) is 0. The lowest BCUT2D eigenvalue weighted by Crippen LogP contribution is -2.01. The molecule has 0 bridgehead atoms. The zero-order valence-electron chi connectivity index (χ0n) is 15.3. The maximum absolute atomic E-state index is 12.0. The summed E-state index contributed by atoms with van der Waals surface area (Å²) in [5, 5.41) is 11.2. The Morgan fingerprint density at radius 3 is 2.31 bits per heavy atom. The zero-order chi connectivity index (χ0) is 20.5. The molecular weight excluding hydrogens is 409 g/mol. The Morgan fingerprint density at radius 2 is 1.66 bits per heavy atom. The zero-order valence-corrected chi connectivity index (χ0v) is 16.8. The molecular formula is C23H15Cl2NO3. The number of benzene rings is 3. The van der Waals surface area contributed by atoms with Crippen LogP contribution in [0.4, 0.5) is 0 Å². The first-order valence-electron chi connectivity index (χ1n) is 8.75. The van der Waals surface area contributed by atoms with Gasteiger partial charge in [-0.25, -0.2) is 9.78 Å². The van der Waals surface area contributed by atoms with Gasteiger partial charge in [0.2, 0.25) is 0 Å². The van der Waals surface area contributed by atoms with E-state index in [9.17, 15) is 9.90 Å². The van der Waals surface area contributed by atoms with Gasteiger partial charge >= 0.3 is 5.97 Å². The molecule has 0 atom stereocenters. The molecule has 144 valence electrons. The summed E-state index contributed by atoms with van der Waals surface area (Å²) >= 11 is 12.2. The summed E-state index contributed by atoms with van der Waals surface area (Å²) in [5.74, 6) is -0.303. The molecule has 0 aliphatic heterocycles. The van der Waals surface area contributed by atoms with E-state index in [-0.39, 0.29) is 5.56 Å². The number of carboxylic acid groups (broad SMARTS) is 1. The van der Waals surface area contributed by atoms with E-state index in [0.717, 1.165) is 16.7 Å². The van der Waals surface area contributed by atoms with Crippen LogP contribution in [0.15, 0.2) is 66.7 Å². The summed E-state index contributed by atoms with van der Waals surface area (Å²) in [5.41, 5.74) is 3.70. The molecule has 0 radical (unpaired) electrons. The fourth-order valence-corrected chi connectivity index (χ4v) is 3.53. The number of pyridine rings is 1. The van der Waals surface area contributed by atoms with Gasteiger partial charge in [0.25, 0.3) is 0 Å². The van der Waals surface area contributed by atoms with Crippen molar-refractivity contribution in [3.05, 3.63) is 82.3 Å². The number of carboxylic acids is 1. The second kappa shape index (κ2) is 7.74. The summed E-state index contributed by atoms with van der Waals surface area (Å²) in [7, 11) is 1.59. The monoisotopic (exact) mass is 423 g/mol. The highest BCUT2D eigenvalue weighted by molar-refractivity contribution is 6.42. The summed E-state index contributed by atoms with van der Waals surface area (Å²) in [6, 6.07) is 19.7. The normalized spacial score (nSPS) is 10.9. The quantitative estimate of drug-likeness (QED) is 0.402. The van der Waals surface area contributed by atoms with Crippen molar-refractivity contribution < 1.29 is 14.6 Å². The fraction of sp³-hybridized carbons (Fsp3) is 0.0435. The Balaban J connectivity index is 1.99. The highest BCUT2D eigenvalue weighted by Gasteiger charge is 2.16. The van der Waals surface area contributed by atoms with Gasteiger partial charge in [0.05, 0.1) is 33.9 Å². The summed E-state index contributed by atoms with van der Waals surface area (Å²) in [6.45, 7) is 0. The smallest absolute Gasteiger partial charge is 0.336 e. The van der Waals surface area contributed by atoms with Crippen molar-refractivity contribution in [2.75, 3.05) is 7.11 Å². The lowest BCUT2D eigenvalue weighted by atomic mass is 9.98. The Bertz CT molecular complexity index is 1240. The van der Waals surface area contributed by atoms with Gasteiger partial charge in [0, 0.05) is 16.5 Å². The molecule has 0 saturated carbocycles. The number of fused-ring (bicyclic) bond motifs is 1. The molecule has 0 spiro atoms. The Kier molecular flexibility index (Phi) is 5.14. The first kappa shape index (κ1) is 19.2. The summed E-state index contributed by atoms with van der Waals surface area (Å²) in [4.78, 5) is 16.8. The minimum atomic E-state index is -1.02. The topological polar surface area (TPSA) is 59.4 Å². The van der Waals surface area contributed by atoms with Crippen LogP contribution in [0.25, 0.3) is 33.3 Å². The predicted octanol–water partition coefficient (Wildman–Crippen LogP) is 6.58. The van der Waals surface area contributed by atoms with Crippen LogP contribution in [0.1, 0.15) is 10.4 Å². The average Bonchev–Trinajstić information content (AvgIpc) is 2.74. The number of hydrogen-bond donors (Lipinski definition) is 1. The molecule has 1 aromatic heterocycles. The molecule has 3 aromatic carbocycles. The van der Waals surface area contributed by atoms with E-state index in [1.807, 2.05) is 36.4 Å². The molecule has 0 unspecified atom stereocenters. The third-order valence-corrected chi connectivity index (χ3v) is 5.43. The standard InChI is InChI=1S/C23H15Cl2NO3/c1-29-15-8-5-13(6-9-15)21-12-18(23(27)28)17-4-2-3-16(22(17)26-21)14-7-10-19(24)20(25)11-14/h2-12H,1H3,(H,27,28). The van der Waals surface area contributed by atoms with Gasteiger partial charge < -0.3 is 9.84 Å². The molecule has 29 heavy (non-hydrogen) atoms. The van der Waals surface area contributed by atoms with E-state index in [0.29, 0.717) is 32.4 Å². The first-order chi connectivity index (χ1) is 14.0. The third-order valence-electron chi connectivity index (χ3n) is 4.69. The number of aromatic nitrogens is 1. The fourth-order valence-electron chi connectivity index (χ4n) is 3.23. The maximum Gasteiger partial charge on any atom is 0.336 e. The van der Waals surface area contributed by atoms with Crippen molar-refractivity contribution in [2.24, 2.45) is 0 Å². The molecule has 0 aliphatic carbocycles. The largest absolute Gasteiger partial charge is 0.497 e. The number of para-hydroxylation sites is 1. The highest BCUT2D eigenvalue weighted by atomic mass is 35.5. The van der Waals surface area contributed by atoms with Crippen LogP contribution in [0, 0.1) is 0 Å². The van der Waals surface area contributed by atoms with Crippen molar-refractivity contribution >= 4 is 40.1 Å². The van der Waals surface area contributed by atoms with Crippen LogP contribution in [0.2, 0.25) is 10.0 Å². The number of methoxy groups -OCH3 is 1. The number of hydrogen-bond acceptors (Lipinski definition) is 3. The molecule has 0 aliphatic rings. The number of aromatic carboxylic acids is 1. The lowest BCUT2D eigenvalue weighted by Gasteiger charge is -2.12. The van der Waals surface area contributed by atoms with Crippen LogP contribution < -0.4 is 4.74 Å². The van der Waals surface area contributed by atoms with Gasteiger partial charge in [-0.05, 0) is 48.0 Å². The van der Waals surface area contributed by atoms with Crippen molar-refractivity contribution in [3.63, 3.8) is 0 Å². The molecule has 0 saturated heterocycles. The number of carbonyl (C=O) groups is 1. The van der Waals surface area contributed by atoms with Crippen LogP contribution in [0.3, 0.4) is 0 Å². The van der Waals surface area contributed by atoms with E-state index in [2.05, 4.69) is 0 Å². The van der Waals surface area contributed by atoms with E-state index in [1.165, 1.54) is 0 Å². The molecule has 0 amide bonds. The second-order valence-corrected chi connectivity index (χ2v) is 7.23. The molecule has 4 aromatic rings. The molecule has 4 rings (SSSR count). The first-order valence-corrected chi connectivity index (χ1v) is 9.50. The van der Waals surface area contributed by atoms with Gasteiger partial charge in [0.1, 0.15) is 5.75 Å². The van der Waals surface area contributed by atoms with Crippen LogP contribution >= 0.6 is 23.2 Å². The van der Waals surface area contributed by atoms with Gasteiger partial charge in [-0.2, -0.15) is 0 Å². The minimum absolute atomic E-state index is 0.183. The van der Waals surface area contributed by atoms with Crippen molar-refractivity contribution in [1.29, 1.82) is 0 Å². The van der Waals surface area contributed by atoms with E-state index < -0.39 is 5.97 Å². The van der Waals surface area contributed by atoms with Gasteiger partial charge in [-0.1, -0.05) is 47.5 Å². The second-order valence-electron chi connectivity index (χ2n) is 6.42. The lowest BCUT2D eigenvalue weighted by molar-refractivity contribution is 0.0699. The third kappa shape index (κ3) is 3.65. The average molecular weight is 424 g/mol. The highest BCUT2D eigenvalue weighted by Crippen LogP contribution is 2.35. The number of rotatable bonds is 4. The van der Waals surface area contributed by atoms with Crippen molar-refractivity contribution in [3.8, 4) is 28.1 Å². The Labute approximate surface area is 177 Å². The van der Waals surface area contributed by atoms with Crippen LogP contribution in [-0.4, -0.2) is 23.2 Å². The Morgan fingerprint density at radius 1 is 0.931 bits per heavy atom. The van der Waals surface area contributed by atoms with Crippen molar-refractivity contribution in [1.82, 2.24) is 4.98 Å². The van der Waals surface area contributed by atoms with E-state index in [1.54, 1.807) is 37.4 Å². The number of nitrogens with zero attached hydrogens (tertiary/aromatic N) is 1. The van der Waals surface area contributed by atoms with Crippen LogP contribution in [0.5, 0.6) is 5.75 Å². The van der Waals surface area contributed by atoms with Gasteiger partial charge in [0.15, 0.2) is 0 Å². The molecule has 4 nitrogen and oxygen atoms in total. The Hall–Kier alpha value is -3.08. The molecule has 1 N–H and O–H groups in total. The van der Waals surface area contributed by atoms with Crippen molar-refractivity contribution in [2.45, 2.75) is 0 Å². The maximum atomic E-state index is 12.0. The van der Waals surface area contributed by atoms with Gasteiger partial charge in [-0.3, -0.25) is 0 Å². The van der Waals surface area contributed by atoms with Crippen LogP contribution in [-0.2, 0) is 0 Å². The molecule has 1 heterocycles. The number of halogens is 2. The molecule has 6 heteroatoms. The number of ether oxygens (including phenoxy) is 1.